The van der Waals surface area contributed by atoms with Gasteiger partial charge < -0.3 is 24.7 Å². The molecule has 0 spiro atoms. The Morgan fingerprint density at radius 1 is 1.38 bits per heavy atom. The van der Waals surface area contributed by atoms with Crippen molar-refractivity contribution in [3.05, 3.63) is 0 Å². The first-order valence-corrected chi connectivity index (χ1v) is 5.29. The summed E-state index contributed by atoms with van der Waals surface area (Å²) in [5, 5.41) is 0. The number of carbonyl (C=O) groups is 1. The Bertz CT molecular complexity index is 215. The lowest BCUT2D eigenvalue weighted by atomic mass is 10.0. The molecule has 1 heterocycles. The summed E-state index contributed by atoms with van der Waals surface area (Å²) in [7, 11) is 1.60. The molecule has 6 nitrogen and oxygen atoms in total. The van der Waals surface area contributed by atoms with Crippen LogP contribution >= 0.6 is 0 Å². The van der Waals surface area contributed by atoms with Crippen LogP contribution in [0.1, 0.15) is 6.42 Å². The second-order valence-corrected chi connectivity index (χ2v) is 3.70. The maximum absolute atomic E-state index is 11.5. The average molecular weight is 233 g/mol. The second kappa shape index (κ2) is 6.80. The van der Waals surface area contributed by atoms with E-state index in [0.717, 1.165) is 0 Å². The molecule has 1 aliphatic heterocycles. The minimum atomic E-state index is -0.966. The highest BCUT2D eigenvalue weighted by atomic mass is 16.6. The highest BCUT2D eigenvalue weighted by Crippen LogP contribution is 2.16. The fraction of sp³-hybridized carbons (Fsp3) is 0.900. The van der Waals surface area contributed by atoms with Crippen molar-refractivity contribution >= 4 is 5.97 Å². The Morgan fingerprint density at radius 2 is 2.12 bits per heavy atom. The van der Waals surface area contributed by atoms with Crippen molar-refractivity contribution in [1.82, 2.24) is 0 Å². The van der Waals surface area contributed by atoms with Gasteiger partial charge in [-0.15, -0.1) is 0 Å². The van der Waals surface area contributed by atoms with E-state index < -0.39 is 11.5 Å². The van der Waals surface area contributed by atoms with Gasteiger partial charge >= 0.3 is 5.97 Å². The van der Waals surface area contributed by atoms with E-state index in [-0.39, 0.29) is 13.2 Å². The number of hydrogen-bond donors (Lipinski definition) is 1. The summed E-state index contributed by atoms with van der Waals surface area (Å²) in [6.07, 6.45) is 0.510. The van der Waals surface area contributed by atoms with Crippen LogP contribution in [0.3, 0.4) is 0 Å². The Labute approximate surface area is 95.0 Å². The van der Waals surface area contributed by atoms with E-state index in [1.165, 1.54) is 0 Å². The predicted molar refractivity (Wildman–Crippen MR) is 56.0 cm³/mol. The lowest BCUT2D eigenvalue weighted by Gasteiger charge is -2.19. The van der Waals surface area contributed by atoms with Crippen LogP contribution < -0.4 is 5.73 Å². The first kappa shape index (κ1) is 13.4. The average Bonchev–Trinajstić information content (AvgIpc) is 2.71. The molecular formula is C10H19NO5. The summed E-state index contributed by atoms with van der Waals surface area (Å²) in [4.78, 5) is 11.5. The van der Waals surface area contributed by atoms with Gasteiger partial charge in [-0.1, -0.05) is 0 Å². The smallest absolute Gasteiger partial charge is 0.328 e. The van der Waals surface area contributed by atoms with Crippen molar-refractivity contribution in [1.29, 1.82) is 0 Å². The van der Waals surface area contributed by atoms with Gasteiger partial charge in [0.15, 0.2) is 0 Å². The fourth-order valence-corrected chi connectivity index (χ4v) is 1.32. The van der Waals surface area contributed by atoms with Gasteiger partial charge in [-0.3, -0.25) is 0 Å². The molecule has 0 aromatic carbocycles. The summed E-state index contributed by atoms with van der Waals surface area (Å²) in [5.41, 5.74) is 4.84. The van der Waals surface area contributed by atoms with E-state index in [0.29, 0.717) is 32.8 Å². The molecule has 0 amide bonds. The van der Waals surface area contributed by atoms with Crippen molar-refractivity contribution in [3.8, 4) is 0 Å². The topological polar surface area (TPSA) is 80.0 Å². The molecule has 0 aromatic heterocycles. The Hall–Kier alpha value is -0.690. The summed E-state index contributed by atoms with van der Waals surface area (Å²) in [6, 6.07) is 0. The normalized spacial score (nSPS) is 24.6. The number of carbonyl (C=O) groups excluding carboxylic acids is 1. The standard InChI is InChI=1S/C10H19NO5/c1-13-4-5-14-6-7-16-9(12)10(11)2-3-15-8-10/h2-8,11H2,1H3. The maximum Gasteiger partial charge on any atom is 0.328 e. The van der Waals surface area contributed by atoms with E-state index in [2.05, 4.69) is 0 Å². The van der Waals surface area contributed by atoms with Gasteiger partial charge in [-0.25, -0.2) is 4.79 Å². The lowest BCUT2D eigenvalue weighted by Crippen LogP contribution is -2.49. The first-order valence-electron chi connectivity index (χ1n) is 5.29. The molecule has 1 atom stereocenters. The van der Waals surface area contributed by atoms with Gasteiger partial charge in [0.05, 0.1) is 26.4 Å². The van der Waals surface area contributed by atoms with E-state index >= 15 is 0 Å². The molecule has 94 valence electrons. The quantitative estimate of drug-likeness (QED) is 0.463. The number of nitrogens with two attached hydrogens (primary N) is 1. The highest BCUT2D eigenvalue weighted by Gasteiger charge is 2.39. The Morgan fingerprint density at radius 3 is 2.75 bits per heavy atom. The van der Waals surface area contributed by atoms with Crippen molar-refractivity contribution in [3.63, 3.8) is 0 Å². The maximum atomic E-state index is 11.5. The highest BCUT2D eigenvalue weighted by molar-refractivity contribution is 5.81. The second-order valence-electron chi connectivity index (χ2n) is 3.70. The van der Waals surface area contributed by atoms with E-state index in [1.54, 1.807) is 7.11 Å². The number of esters is 1. The largest absolute Gasteiger partial charge is 0.462 e. The molecule has 0 aromatic rings. The number of hydrogen-bond acceptors (Lipinski definition) is 6. The Kier molecular flexibility index (Phi) is 5.68. The minimum absolute atomic E-state index is 0.210. The number of rotatable bonds is 7. The van der Waals surface area contributed by atoms with Crippen LogP contribution in [0.5, 0.6) is 0 Å². The predicted octanol–water partition coefficient (Wildman–Crippen LogP) is -0.690. The van der Waals surface area contributed by atoms with Gasteiger partial charge in [0.25, 0.3) is 0 Å². The molecule has 1 saturated heterocycles. The van der Waals surface area contributed by atoms with Crippen molar-refractivity contribution < 1.29 is 23.7 Å². The number of methoxy groups -OCH3 is 1. The molecule has 1 fully saturated rings. The third kappa shape index (κ3) is 4.05. The van der Waals surface area contributed by atoms with Crippen molar-refractivity contribution in [2.75, 3.05) is 46.8 Å². The van der Waals surface area contributed by atoms with Gasteiger partial charge in [0, 0.05) is 20.1 Å². The monoisotopic (exact) mass is 233 g/mol. The van der Waals surface area contributed by atoms with Crippen LogP contribution in [0.2, 0.25) is 0 Å². The third-order valence-electron chi connectivity index (χ3n) is 2.35. The minimum Gasteiger partial charge on any atom is -0.462 e. The zero-order chi connectivity index (χ0) is 11.9. The van der Waals surface area contributed by atoms with Gasteiger partial charge in [-0.2, -0.15) is 0 Å². The fourth-order valence-electron chi connectivity index (χ4n) is 1.32. The number of ether oxygens (including phenoxy) is 4. The van der Waals surface area contributed by atoms with E-state index in [4.69, 9.17) is 24.7 Å². The Balaban J connectivity index is 2.06. The van der Waals surface area contributed by atoms with Crippen LogP contribution in [-0.2, 0) is 23.7 Å². The molecule has 0 saturated carbocycles. The van der Waals surface area contributed by atoms with Crippen molar-refractivity contribution in [2.24, 2.45) is 5.73 Å². The summed E-state index contributed by atoms with van der Waals surface area (Å²) < 4.78 is 20.0. The van der Waals surface area contributed by atoms with Crippen LogP contribution in [-0.4, -0.2) is 58.3 Å². The molecule has 1 aliphatic rings. The first-order chi connectivity index (χ1) is 7.69. The zero-order valence-electron chi connectivity index (χ0n) is 9.57. The molecule has 1 unspecified atom stereocenters. The van der Waals surface area contributed by atoms with Crippen LogP contribution in [0.15, 0.2) is 0 Å². The molecule has 1 rings (SSSR count). The molecule has 0 bridgehead atoms. The van der Waals surface area contributed by atoms with Crippen LogP contribution in [0.4, 0.5) is 0 Å². The van der Waals surface area contributed by atoms with E-state index in [9.17, 15) is 4.79 Å². The van der Waals surface area contributed by atoms with Gasteiger partial charge in [0.1, 0.15) is 12.1 Å². The molecule has 0 radical (unpaired) electrons. The van der Waals surface area contributed by atoms with Gasteiger partial charge in [-0.05, 0) is 0 Å². The third-order valence-corrected chi connectivity index (χ3v) is 2.35. The van der Waals surface area contributed by atoms with Crippen molar-refractivity contribution in [2.45, 2.75) is 12.0 Å². The van der Waals surface area contributed by atoms with Crippen LogP contribution in [0, 0.1) is 0 Å². The summed E-state index contributed by atoms with van der Waals surface area (Å²) >= 11 is 0. The zero-order valence-corrected chi connectivity index (χ0v) is 9.57. The molecule has 2 N–H and O–H groups in total. The SMILES string of the molecule is COCCOCCOC(=O)C1(N)CCOC1. The molecule has 0 aliphatic carbocycles. The van der Waals surface area contributed by atoms with Gasteiger partial charge in [0.2, 0.25) is 0 Å². The van der Waals surface area contributed by atoms with Crippen LogP contribution in [0.25, 0.3) is 0 Å². The lowest BCUT2D eigenvalue weighted by molar-refractivity contribution is -0.151. The summed E-state index contributed by atoms with van der Waals surface area (Å²) in [5.74, 6) is -0.416. The van der Waals surface area contributed by atoms with E-state index in [1.807, 2.05) is 0 Å². The molecule has 16 heavy (non-hydrogen) atoms. The molecule has 6 heteroatoms. The molecular weight excluding hydrogens is 214 g/mol. The summed E-state index contributed by atoms with van der Waals surface area (Å²) in [6.45, 7) is 2.33.